The van der Waals surface area contributed by atoms with Crippen molar-refractivity contribution < 1.29 is 5.11 Å². The van der Waals surface area contributed by atoms with Crippen LogP contribution in [0.25, 0.3) is 0 Å². The second kappa shape index (κ2) is 14.9. The minimum absolute atomic E-state index is 0.0538. The Kier molecular flexibility index (Phi) is 12.9. The van der Waals surface area contributed by atoms with Gasteiger partial charge in [-0.1, -0.05) is 101 Å². The lowest BCUT2D eigenvalue weighted by Gasteiger charge is -2.06. The lowest BCUT2D eigenvalue weighted by atomic mass is 10.0. The van der Waals surface area contributed by atoms with E-state index < -0.39 is 0 Å². The molecule has 0 fully saturated rings. The highest BCUT2D eigenvalue weighted by molar-refractivity contribution is 5.36. The predicted molar refractivity (Wildman–Crippen MR) is 107 cm³/mol. The number of hydrogen-bond acceptors (Lipinski definition) is 3. The largest absolute Gasteiger partial charge is 0.508 e. The third-order valence-electron chi connectivity index (χ3n) is 4.95. The van der Waals surface area contributed by atoms with Crippen molar-refractivity contribution in [1.29, 1.82) is 0 Å². The molecule has 0 radical (unpaired) electrons. The van der Waals surface area contributed by atoms with Gasteiger partial charge in [-0.3, -0.25) is 0 Å². The van der Waals surface area contributed by atoms with Gasteiger partial charge in [0.25, 0.3) is 0 Å². The monoisotopic (exact) mass is 347 g/mol. The predicted octanol–water partition coefficient (Wildman–Crippen LogP) is 7.29. The normalized spacial score (nSPS) is 10.9. The lowest BCUT2D eigenvalue weighted by Crippen LogP contribution is -1.90. The van der Waals surface area contributed by atoms with Crippen LogP contribution in [0.1, 0.15) is 102 Å². The maximum Gasteiger partial charge on any atom is 0.120 e. The van der Waals surface area contributed by atoms with Gasteiger partial charge in [0.15, 0.2) is 0 Å². The maximum atomic E-state index is 10.4. The van der Waals surface area contributed by atoms with E-state index in [0.717, 1.165) is 6.42 Å². The van der Waals surface area contributed by atoms with Gasteiger partial charge >= 0.3 is 0 Å². The van der Waals surface area contributed by atoms with Gasteiger partial charge < -0.3 is 5.11 Å². The van der Waals surface area contributed by atoms with Gasteiger partial charge in [-0.2, -0.15) is 4.91 Å². The Balaban J connectivity index is 1.95. The first-order valence-electron chi connectivity index (χ1n) is 10.4. The Morgan fingerprint density at radius 3 is 1.84 bits per heavy atom. The molecule has 142 valence electrons. The van der Waals surface area contributed by atoms with Crippen molar-refractivity contribution in [2.45, 2.75) is 103 Å². The molecule has 0 spiro atoms. The van der Waals surface area contributed by atoms with Crippen LogP contribution >= 0.6 is 0 Å². The fourth-order valence-electron chi connectivity index (χ4n) is 3.34. The molecule has 0 saturated heterocycles. The molecule has 0 heterocycles. The topological polar surface area (TPSA) is 49.7 Å². The molecule has 0 unspecified atom stereocenters. The van der Waals surface area contributed by atoms with Crippen molar-refractivity contribution in [3.05, 3.63) is 34.2 Å². The molecule has 0 atom stereocenters. The first-order valence-corrected chi connectivity index (χ1v) is 10.4. The standard InChI is InChI=1S/C22H37NO2/c1-2-3-4-5-6-7-8-9-10-11-12-13-14-15-20-16-17-22(24)21(18-20)19-23-25/h16-18,24H,2-15,19H2,1H3. The third-order valence-corrected chi connectivity index (χ3v) is 4.95. The van der Waals surface area contributed by atoms with E-state index in [4.69, 9.17) is 0 Å². The molecule has 1 aromatic rings. The molecule has 1 N–H and O–H groups in total. The number of aryl methyl sites for hydroxylation is 1. The summed E-state index contributed by atoms with van der Waals surface area (Å²) in [5, 5.41) is 12.5. The highest BCUT2D eigenvalue weighted by Crippen LogP contribution is 2.21. The second-order valence-corrected chi connectivity index (χ2v) is 7.24. The van der Waals surface area contributed by atoms with Crippen molar-refractivity contribution in [3.63, 3.8) is 0 Å². The number of phenols is 1. The fourth-order valence-corrected chi connectivity index (χ4v) is 3.34. The first-order chi connectivity index (χ1) is 12.3. The van der Waals surface area contributed by atoms with Crippen LogP contribution in [0.3, 0.4) is 0 Å². The molecule has 0 amide bonds. The summed E-state index contributed by atoms with van der Waals surface area (Å²) in [6.07, 6.45) is 18.7. The summed E-state index contributed by atoms with van der Waals surface area (Å²) in [5.41, 5.74) is 1.83. The van der Waals surface area contributed by atoms with E-state index in [1.54, 1.807) is 6.07 Å². The highest BCUT2D eigenvalue weighted by Gasteiger charge is 2.03. The number of benzene rings is 1. The van der Waals surface area contributed by atoms with Gasteiger partial charge in [-0.05, 0) is 24.5 Å². The zero-order valence-electron chi connectivity index (χ0n) is 16.1. The molecule has 0 aromatic heterocycles. The Bertz CT molecular complexity index is 459. The van der Waals surface area contributed by atoms with Gasteiger partial charge in [-0.15, -0.1) is 0 Å². The van der Waals surface area contributed by atoms with Gasteiger partial charge in [0.1, 0.15) is 12.3 Å². The van der Waals surface area contributed by atoms with Gasteiger partial charge in [0.05, 0.1) is 0 Å². The SMILES string of the molecule is CCCCCCCCCCCCCCCc1ccc(O)c(CN=O)c1. The van der Waals surface area contributed by atoms with Crippen molar-refractivity contribution >= 4 is 0 Å². The van der Waals surface area contributed by atoms with Crippen LogP contribution in [0.5, 0.6) is 5.75 Å². The summed E-state index contributed by atoms with van der Waals surface area (Å²) in [5.74, 6) is 0.175. The van der Waals surface area contributed by atoms with Crippen LogP contribution in [0, 0.1) is 4.91 Å². The highest BCUT2D eigenvalue weighted by atomic mass is 16.3. The number of unbranched alkanes of at least 4 members (excludes halogenated alkanes) is 12. The van der Waals surface area contributed by atoms with Crippen molar-refractivity contribution in [2.75, 3.05) is 0 Å². The minimum Gasteiger partial charge on any atom is -0.508 e. The van der Waals surface area contributed by atoms with E-state index in [2.05, 4.69) is 12.1 Å². The van der Waals surface area contributed by atoms with Gasteiger partial charge in [-0.25, -0.2) is 0 Å². The average molecular weight is 348 g/mol. The molecule has 1 rings (SSSR count). The number of hydrogen-bond donors (Lipinski definition) is 1. The Morgan fingerprint density at radius 2 is 1.32 bits per heavy atom. The Morgan fingerprint density at radius 1 is 0.800 bits per heavy atom. The molecular weight excluding hydrogens is 310 g/mol. The lowest BCUT2D eigenvalue weighted by molar-refractivity contribution is 0.468. The molecule has 3 heteroatoms. The van der Waals surface area contributed by atoms with Gasteiger partial charge in [0, 0.05) is 5.56 Å². The number of nitroso groups, excluding NO2 is 1. The molecule has 0 aliphatic carbocycles. The average Bonchev–Trinajstić information content (AvgIpc) is 2.62. The number of phenolic OH excluding ortho intramolecular Hbond substituents is 1. The zero-order valence-corrected chi connectivity index (χ0v) is 16.1. The summed E-state index contributed by atoms with van der Waals surface area (Å²) in [4.78, 5) is 10.4. The van der Waals surface area contributed by atoms with Crippen LogP contribution < -0.4 is 0 Å². The van der Waals surface area contributed by atoms with Crippen LogP contribution in [0.2, 0.25) is 0 Å². The van der Waals surface area contributed by atoms with E-state index in [1.165, 1.54) is 89.0 Å². The second-order valence-electron chi connectivity index (χ2n) is 7.24. The van der Waals surface area contributed by atoms with Gasteiger partial charge in [0.2, 0.25) is 0 Å². The quantitative estimate of drug-likeness (QED) is 0.252. The number of aromatic hydroxyl groups is 1. The van der Waals surface area contributed by atoms with E-state index in [9.17, 15) is 10.0 Å². The molecular formula is C22H37NO2. The molecule has 0 bridgehead atoms. The Hall–Kier alpha value is -1.38. The Labute approximate surface area is 154 Å². The molecule has 0 aliphatic heterocycles. The van der Waals surface area contributed by atoms with Crippen LogP contribution in [-0.4, -0.2) is 5.11 Å². The van der Waals surface area contributed by atoms with E-state index >= 15 is 0 Å². The molecule has 3 nitrogen and oxygen atoms in total. The maximum absolute atomic E-state index is 10.4. The van der Waals surface area contributed by atoms with Crippen LogP contribution in [0.4, 0.5) is 0 Å². The number of nitrogens with zero attached hydrogens (tertiary/aromatic N) is 1. The summed E-state index contributed by atoms with van der Waals surface area (Å²) >= 11 is 0. The van der Waals surface area contributed by atoms with Crippen molar-refractivity contribution in [1.82, 2.24) is 0 Å². The van der Waals surface area contributed by atoms with E-state index in [0.29, 0.717) is 5.56 Å². The molecule has 25 heavy (non-hydrogen) atoms. The molecule has 1 aromatic carbocycles. The molecule has 0 aliphatic rings. The summed E-state index contributed by atoms with van der Waals surface area (Å²) in [6, 6.07) is 5.54. The van der Waals surface area contributed by atoms with E-state index in [1.807, 2.05) is 12.1 Å². The minimum atomic E-state index is 0.0538. The third kappa shape index (κ3) is 11.0. The van der Waals surface area contributed by atoms with Crippen LogP contribution in [-0.2, 0) is 13.0 Å². The van der Waals surface area contributed by atoms with Crippen molar-refractivity contribution in [2.24, 2.45) is 5.18 Å². The fraction of sp³-hybridized carbons (Fsp3) is 0.727. The van der Waals surface area contributed by atoms with Crippen LogP contribution in [0.15, 0.2) is 23.4 Å². The first kappa shape index (κ1) is 21.7. The summed E-state index contributed by atoms with van der Waals surface area (Å²) in [7, 11) is 0. The summed E-state index contributed by atoms with van der Waals surface area (Å²) < 4.78 is 0. The van der Waals surface area contributed by atoms with E-state index in [-0.39, 0.29) is 12.3 Å². The summed E-state index contributed by atoms with van der Waals surface area (Å²) in [6.45, 7) is 2.32. The van der Waals surface area contributed by atoms with Crippen molar-refractivity contribution in [3.8, 4) is 5.75 Å². The number of rotatable bonds is 16. The smallest absolute Gasteiger partial charge is 0.120 e. The molecule has 0 saturated carbocycles. The zero-order chi connectivity index (χ0) is 18.2.